The molecular formula is C14H17FN2O3. The number of benzene rings is 1. The Bertz CT molecular complexity index is 489. The van der Waals surface area contributed by atoms with Gasteiger partial charge in [0.1, 0.15) is 5.82 Å². The van der Waals surface area contributed by atoms with Gasteiger partial charge in [0.05, 0.1) is 13.2 Å². The minimum Gasteiger partial charge on any atom is -0.383 e. The molecular weight excluding hydrogens is 263 g/mol. The molecule has 0 aliphatic rings. The lowest BCUT2D eigenvalue weighted by molar-refractivity contribution is -0.124. The van der Waals surface area contributed by atoms with Crippen LogP contribution in [-0.4, -0.2) is 38.6 Å². The molecule has 5 nitrogen and oxygen atoms in total. The molecule has 0 saturated carbocycles. The predicted molar refractivity (Wildman–Crippen MR) is 73.3 cm³/mol. The Morgan fingerprint density at radius 3 is 2.85 bits per heavy atom. The molecule has 1 rings (SSSR count). The Morgan fingerprint density at radius 1 is 1.35 bits per heavy atom. The molecule has 0 atom stereocenters. The van der Waals surface area contributed by atoms with Crippen LogP contribution in [0, 0.1) is 5.82 Å². The molecule has 0 unspecified atom stereocenters. The number of ether oxygens (including phenoxy) is 1. The Kier molecular flexibility index (Phi) is 6.99. The number of nitrogens with one attached hydrogen (secondary N) is 2. The largest absolute Gasteiger partial charge is 0.383 e. The maximum Gasteiger partial charge on any atom is 0.244 e. The van der Waals surface area contributed by atoms with Gasteiger partial charge in [-0.05, 0) is 23.8 Å². The summed E-state index contributed by atoms with van der Waals surface area (Å²) < 4.78 is 17.7. The summed E-state index contributed by atoms with van der Waals surface area (Å²) in [5, 5.41) is 4.99. The van der Waals surface area contributed by atoms with E-state index in [4.69, 9.17) is 4.74 Å². The van der Waals surface area contributed by atoms with E-state index in [0.29, 0.717) is 18.7 Å². The zero-order chi connectivity index (χ0) is 14.8. The molecule has 1 aromatic rings. The van der Waals surface area contributed by atoms with Gasteiger partial charge in [-0.3, -0.25) is 9.59 Å². The molecule has 108 valence electrons. The van der Waals surface area contributed by atoms with Crippen LogP contribution in [0.25, 0.3) is 6.08 Å². The minimum atomic E-state index is -0.420. The van der Waals surface area contributed by atoms with E-state index in [0.717, 1.165) is 0 Å². The highest BCUT2D eigenvalue weighted by Gasteiger charge is 2.02. The molecule has 0 fully saturated rings. The lowest BCUT2D eigenvalue weighted by atomic mass is 10.2. The number of rotatable bonds is 7. The van der Waals surface area contributed by atoms with Crippen molar-refractivity contribution in [3.8, 4) is 0 Å². The van der Waals surface area contributed by atoms with E-state index < -0.39 is 5.91 Å². The topological polar surface area (TPSA) is 67.4 Å². The molecule has 1 aromatic carbocycles. The fourth-order valence-corrected chi connectivity index (χ4v) is 1.36. The quantitative estimate of drug-likeness (QED) is 0.571. The van der Waals surface area contributed by atoms with Crippen LogP contribution in [0.1, 0.15) is 5.56 Å². The van der Waals surface area contributed by atoms with Crippen LogP contribution in [0.5, 0.6) is 0 Å². The Hall–Kier alpha value is -2.21. The first-order valence-electron chi connectivity index (χ1n) is 6.09. The van der Waals surface area contributed by atoms with E-state index in [1.54, 1.807) is 12.1 Å². The number of halogens is 1. The molecule has 0 aromatic heterocycles. The summed E-state index contributed by atoms with van der Waals surface area (Å²) in [6, 6.07) is 5.85. The van der Waals surface area contributed by atoms with E-state index in [1.807, 2.05) is 0 Å². The fourth-order valence-electron chi connectivity index (χ4n) is 1.36. The first kappa shape index (κ1) is 15.8. The van der Waals surface area contributed by atoms with Gasteiger partial charge in [0.25, 0.3) is 0 Å². The first-order valence-corrected chi connectivity index (χ1v) is 6.09. The summed E-state index contributed by atoms with van der Waals surface area (Å²) in [5.74, 6) is -1.09. The van der Waals surface area contributed by atoms with Gasteiger partial charge in [0.2, 0.25) is 11.8 Å². The van der Waals surface area contributed by atoms with Gasteiger partial charge in [-0.2, -0.15) is 0 Å². The second-order valence-electron chi connectivity index (χ2n) is 3.95. The second kappa shape index (κ2) is 8.82. The standard InChI is InChI=1S/C14H17FN2O3/c1-20-8-7-16-14(19)10-17-13(18)6-5-11-3-2-4-12(15)9-11/h2-6,9H,7-8,10H2,1H3,(H,16,19)(H,17,18)/b6-5+. The summed E-state index contributed by atoms with van der Waals surface area (Å²) in [6.07, 6.45) is 2.72. The summed E-state index contributed by atoms with van der Waals surface area (Å²) in [4.78, 5) is 22.7. The third-order valence-corrected chi connectivity index (χ3v) is 2.33. The summed E-state index contributed by atoms with van der Waals surface area (Å²) in [7, 11) is 1.53. The van der Waals surface area contributed by atoms with Crippen LogP contribution in [0.3, 0.4) is 0 Å². The van der Waals surface area contributed by atoms with Crippen molar-refractivity contribution in [1.82, 2.24) is 10.6 Å². The number of carbonyl (C=O) groups is 2. The molecule has 2 amide bonds. The van der Waals surface area contributed by atoms with Crippen LogP contribution >= 0.6 is 0 Å². The van der Waals surface area contributed by atoms with Gasteiger partial charge in [0, 0.05) is 19.7 Å². The monoisotopic (exact) mass is 280 g/mol. The zero-order valence-corrected chi connectivity index (χ0v) is 11.2. The van der Waals surface area contributed by atoms with Gasteiger partial charge in [-0.15, -0.1) is 0 Å². The van der Waals surface area contributed by atoms with Crippen molar-refractivity contribution in [3.63, 3.8) is 0 Å². The Labute approximate surface area is 116 Å². The maximum absolute atomic E-state index is 12.9. The molecule has 0 aliphatic heterocycles. The van der Waals surface area contributed by atoms with Gasteiger partial charge < -0.3 is 15.4 Å². The first-order chi connectivity index (χ1) is 9.61. The van der Waals surface area contributed by atoms with E-state index in [1.165, 1.54) is 31.4 Å². The van der Waals surface area contributed by atoms with Crippen LogP contribution in [0.2, 0.25) is 0 Å². The summed E-state index contributed by atoms with van der Waals surface area (Å²) in [6.45, 7) is 0.694. The van der Waals surface area contributed by atoms with Crippen molar-refractivity contribution in [1.29, 1.82) is 0 Å². The minimum absolute atomic E-state index is 0.115. The zero-order valence-electron chi connectivity index (χ0n) is 11.2. The van der Waals surface area contributed by atoms with Gasteiger partial charge in [-0.25, -0.2) is 4.39 Å². The Balaban J connectivity index is 2.31. The number of carbonyl (C=O) groups excluding carboxylic acids is 2. The molecule has 6 heteroatoms. The molecule has 0 aliphatic carbocycles. The number of amides is 2. The van der Waals surface area contributed by atoms with Crippen LogP contribution < -0.4 is 10.6 Å². The summed E-state index contributed by atoms with van der Waals surface area (Å²) in [5.41, 5.74) is 0.574. The van der Waals surface area contributed by atoms with Crippen molar-refractivity contribution >= 4 is 17.9 Å². The molecule has 0 saturated heterocycles. The SMILES string of the molecule is COCCNC(=O)CNC(=O)/C=C/c1cccc(F)c1. The predicted octanol–water partition coefficient (Wildman–Crippen LogP) is 0.718. The lowest BCUT2D eigenvalue weighted by Gasteiger charge is -2.04. The van der Waals surface area contributed by atoms with Crippen LogP contribution in [-0.2, 0) is 14.3 Å². The normalized spacial score (nSPS) is 10.5. The second-order valence-corrected chi connectivity index (χ2v) is 3.95. The number of methoxy groups -OCH3 is 1. The number of hydrogen-bond donors (Lipinski definition) is 2. The molecule has 20 heavy (non-hydrogen) atoms. The van der Waals surface area contributed by atoms with Crippen molar-refractivity contribution in [2.75, 3.05) is 26.8 Å². The average molecular weight is 280 g/mol. The van der Waals surface area contributed by atoms with E-state index in [9.17, 15) is 14.0 Å². The van der Waals surface area contributed by atoms with Gasteiger partial charge in [0.15, 0.2) is 0 Å². The third-order valence-electron chi connectivity index (χ3n) is 2.33. The Morgan fingerprint density at radius 2 is 2.15 bits per heavy atom. The maximum atomic E-state index is 12.9. The highest BCUT2D eigenvalue weighted by Crippen LogP contribution is 2.04. The van der Waals surface area contributed by atoms with Crippen molar-refractivity contribution < 1.29 is 18.7 Å². The third kappa shape index (κ3) is 6.65. The highest BCUT2D eigenvalue weighted by atomic mass is 19.1. The molecule has 2 N–H and O–H groups in total. The van der Waals surface area contributed by atoms with Gasteiger partial charge in [-0.1, -0.05) is 12.1 Å². The van der Waals surface area contributed by atoms with Gasteiger partial charge >= 0.3 is 0 Å². The lowest BCUT2D eigenvalue weighted by Crippen LogP contribution is -2.37. The highest BCUT2D eigenvalue weighted by molar-refractivity contribution is 5.94. The van der Waals surface area contributed by atoms with Crippen molar-refractivity contribution in [3.05, 3.63) is 41.7 Å². The van der Waals surface area contributed by atoms with Crippen molar-refractivity contribution in [2.24, 2.45) is 0 Å². The molecule has 0 spiro atoms. The smallest absolute Gasteiger partial charge is 0.244 e. The fraction of sp³-hybridized carbons (Fsp3) is 0.286. The summed E-state index contributed by atoms with van der Waals surface area (Å²) >= 11 is 0. The average Bonchev–Trinajstić information content (AvgIpc) is 2.43. The van der Waals surface area contributed by atoms with Crippen LogP contribution in [0.4, 0.5) is 4.39 Å². The van der Waals surface area contributed by atoms with Crippen molar-refractivity contribution in [2.45, 2.75) is 0 Å². The molecule has 0 bridgehead atoms. The molecule has 0 radical (unpaired) electrons. The number of hydrogen-bond acceptors (Lipinski definition) is 3. The molecule has 0 heterocycles. The van der Waals surface area contributed by atoms with Crippen LogP contribution in [0.15, 0.2) is 30.3 Å². The van der Waals surface area contributed by atoms with E-state index in [-0.39, 0.29) is 18.3 Å². The van der Waals surface area contributed by atoms with E-state index >= 15 is 0 Å². The van der Waals surface area contributed by atoms with E-state index in [2.05, 4.69) is 10.6 Å².